The summed E-state index contributed by atoms with van der Waals surface area (Å²) in [5.41, 5.74) is 2.36. The summed E-state index contributed by atoms with van der Waals surface area (Å²) in [6, 6.07) is 14.2. The van der Waals surface area contributed by atoms with E-state index in [4.69, 9.17) is 4.74 Å². The lowest BCUT2D eigenvalue weighted by molar-refractivity contribution is 0.415. The maximum absolute atomic E-state index is 12.7. The maximum atomic E-state index is 12.7. The highest BCUT2D eigenvalue weighted by Crippen LogP contribution is 2.32. The quantitative estimate of drug-likeness (QED) is 0.585. The van der Waals surface area contributed by atoms with Crippen LogP contribution in [0, 0.1) is 0 Å². The Labute approximate surface area is 147 Å². The molecule has 2 aromatic heterocycles. The second kappa shape index (κ2) is 6.07. The van der Waals surface area contributed by atoms with Gasteiger partial charge >= 0.3 is 0 Å². The van der Waals surface area contributed by atoms with E-state index in [-0.39, 0.29) is 11.3 Å². The van der Waals surface area contributed by atoms with Crippen molar-refractivity contribution in [2.45, 2.75) is 0 Å². The zero-order valence-electron chi connectivity index (χ0n) is 13.3. The number of hydrogen-bond acceptors (Lipinski definition) is 5. The average Bonchev–Trinajstić information content (AvgIpc) is 3.07. The zero-order valence-corrected chi connectivity index (χ0v) is 14.1. The van der Waals surface area contributed by atoms with Gasteiger partial charge in [-0.1, -0.05) is 12.1 Å². The van der Waals surface area contributed by atoms with Crippen molar-refractivity contribution < 1.29 is 9.84 Å². The minimum Gasteiger partial charge on any atom is -0.508 e. The van der Waals surface area contributed by atoms with Gasteiger partial charge in [-0.25, -0.2) is 4.98 Å². The summed E-state index contributed by atoms with van der Waals surface area (Å²) in [6.45, 7) is 0. The van der Waals surface area contributed by atoms with Gasteiger partial charge in [0.15, 0.2) is 0 Å². The number of methoxy groups -OCH3 is 1. The number of fused-ring (bicyclic) bond motifs is 1. The van der Waals surface area contributed by atoms with Crippen LogP contribution in [0.2, 0.25) is 0 Å². The molecule has 0 unspecified atom stereocenters. The Bertz CT molecular complexity index is 1100. The molecule has 2 N–H and O–H groups in total. The number of H-pyrrole nitrogens is 1. The van der Waals surface area contributed by atoms with Gasteiger partial charge in [0.2, 0.25) is 0 Å². The number of aromatic amines is 1. The van der Waals surface area contributed by atoms with Crippen LogP contribution < -0.4 is 10.3 Å². The first-order chi connectivity index (χ1) is 12.2. The van der Waals surface area contributed by atoms with E-state index in [1.54, 1.807) is 31.4 Å². The first kappa shape index (κ1) is 15.4. The van der Waals surface area contributed by atoms with E-state index >= 15 is 0 Å². The molecule has 0 radical (unpaired) electrons. The lowest BCUT2D eigenvalue weighted by atomic mass is 10.1. The Hall–Kier alpha value is -3.12. The maximum Gasteiger partial charge on any atom is 0.260 e. The predicted molar refractivity (Wildman–Crippen MR) is 99.3 cm³/mol. The molecule has 124 valence electrons. The number of nitrogens with zero attached hydrogens (tertiary/aromatic N) is 1. The number of ether oxygens (including phenoxy) is 1. The first-order valence-corrected chi connectivity index (χ1v) is 8.49. The van der Waals surface area contributed by atoms with Crippen LogP contribution in [0.3, 0.4) is 0 Å². The average molecular weight is 350 g/mol. The summed E-state index contributed by atoms with van der Waals surface area (Å²) in [4.78, 5) is 20.7. The molecule has 0 spiro atoms. The van der Waals surface area contributed by atoms with Crippen LogP contribution in [0.4, 0.5) is 0 Å². The summed E-state index contributed by atoms with van der Waals surface area (Å²) in [5.74, 6) is 1.43. The molecule has 0 saturated heterocycles. The largest absolute Gasteiger partial charge is 0.508 e. The third-order valence-electron chi connectivity index (χ3n) is 3.99. The fourth-order valence-electron chi connectivity index (χ4n) is 2.69. The molecule has 0 aliphatic rings. The van der Waals surface area contributed by atoms with Crippen molar-refractivity contribution in [1.82, 2.24) is 9.97 Å². The number of phenolic OH excluding ortho intramolecular Hbond substituents is 1. The first-order valence-electron chi connectivity index (χ1n) is 7.61. The topological polar surface area (TPSA) is 75.2 Å². The standard InChI is InChI=1S/C19H14N2O3S/c1-24-14-8-4-11(5-9-14)15-10-25-19-16(15)18(23)20-17(21-19)12-2-6-13(22)7-3-12/h2-10,22H,1H3,(H,20,21,23). The highest BCUT2D eigenvalue weighted by Gasteiger charge is 2.13. The van der Waals surface area contributed by atoms with E-state index < -0.39 is 0 Å². The van der Waals surface area contributed by atoms with Gasteiger partial charge < -0.3 is 14.8 Å². The van der Waals surface area contributed by atoms with E-state index in [2.05, 4.69) is 9.97 Å². The number of hydrogen-bond donors (Lipinski definition) is 2. The molecule has 0 bridgehead atoms. The van der Waals surface area contributed by atoms with E-state index in [1.165, 1.54) is 11.3 Å². The van der Waals surface area contributed by atoms with Gasteiger partial charge in [-0.2, -0.15) is 0 Å². The van der Waals surface area contributed by atoms with Crippen molar-refractivity contribution in [2.75, 3.05) is 7.11 Å². The molecule has 4 aromatic rings. The van der Waals surface area contributed by atoms with Crippen LogP contribution >= 0.6 is 11.3 Å². The van der Waals surface area contributed by atoms with E-state index in [0.29, 0.717) is 16.0 Å². The van der Waals surface area contributed by atoms with E-state index in [9.17, 15) is 9.90 Å². The molecule has 0 fully saturated rings. The lowest BCUT2D eigenvalue weighted by Gasteiger charge is -2.04. The molecular formula is C19H14N2O3S. The highest BCUT2D eigenvalue weighted by molar-refractivity contribution is 7.17. The molecule has 0 aliphatic carbocycles. The number of benzene rings is 2. The Kier molecular flexibility index (Phi) is 3.74. The smallest absolute Gasteiger partial charge is 0.260 e. The van der Waals surface area contributed by atoms with Crippen molar-refractivity contribution in [1.29, 1.82) is 0 Å². The fraction of sp³-hybridized carbons (Fsp3) is 0.0526. The van der Waals surface area contributed by atoms with Crippen LogP contribution in [0.25, 0.3) is 32.7 Å². The van der Waals surface area contributed by atoms with Crippen molar-refractivity contribution in [2.24, 2.45) is 0 Å². The van der Waals surface area contributed by atoms with Gasteiger partial charge in [0.1, 0.15) is 22.2 Å². The molecule has 2 heterocycles. The van der Waals surface area contributed by atoms with Crippen LogP contribution in [0.5, 0.6) is 11.5 Å². The molecule has 0 aliphatic heterocycles. The number of nitrogens with one attached hydrogen (secondary N) is 1. The summed E-state index contributed by atoms with van der Waals surface area (Å²) in [6.07, 6.45) is 0. The monoisotopic (exact) mass is 350 g/mol. The van der Waals surface area contributed by atoms with Gasteiger partial charge in [-0.15, -0.1) is 11.3 Å². The van der Waals surface area contributed by atoms with Gasteiger partial charge in [0.25, 0.3) is 5.56 Å². The molecule has 0 atom stereocenters. The molecule has 2 aromatic carbocycles. The highest BCUT2D eigenvalue weighted by atomic mass is 32.1. The summed E-state index contributed by atoms with van der Waals surface area (Å²) in [5, 5.41) is 11.9. The lowest BCUT2D eigenvalue weighted by Crippen LogP contribution is -2.08. The number of phenols is 1. The number of rotatable bonds is 3. The predicted octanol–water partition coefficient (Wildman–Crippen LogP) is 4.03. The summed E-state index contributed by atoms with van der Waals surface area (Å²) < 4.78 is 5.18. The van der Waals surface area contributed by atoms with E-state index in [0.717, 1.165) is 22.4 Å². The fourth-order valence-corrected chi connectivity index (χ4v) is 3.64. The zero-order chi connectivity index (χ0) is 17.4. The van der Waals surface area contributed by atoms with Crippen LogP contribution in [0.1, 0.15) is 0 Å². The van der Waals surface area contributed by atoms with Crippen molar-refractivity contribution in [3.63, 3.8) is 0 Å². The molecular weight excluding hydrogens is 336 g/mol. The van der Waals surface area contributed by atoms with Gasteiger partial charge in [0, 0.05) is 16.5 Å². The van der Waals surface area contributed by atoms with Crippen molar-refractivity contribution >= 4 is 21.6 Å². The molecule has 5 nitrogen and oxygen atoms in total. The normalized spacial score (nSPS) is 10.9. The molecule has 4 rings (SSSR count). The second-order valence-corrected chi connectivity index (χ2v) is 6.38. The Morgan fingerprint density at radius 2 is 1.72 bits per heavy atom. The van der Waals surface area contributed by atoms with Crippen LogP contribution in [-0.2, 0) is 0 Å². The molecule has 25 heavy (non-hydrogen) atoms. The number of aromatic nitrogens is 2. The van der Waals surface area contributed by atoms with Gasteiger partial charge in [-0.05, 0) is 42.0 Å². The molecule has 6 heteroatoms. The summed E-state index contributed by atoms with van der Waals surface area (Å²) in [7, 11) is 1.62. The third kappa shape index (κ3) is 2.77. The number of aromatic hydroxyl groups is 1. The SMILES string of the molecule is COc1ccc(-c2csc3nc(-c4ccc(O)cc4)[nH]c(=O)c23)cc1. The van der Waals surface area contributed by atoms with Gasteiger partial charge in [-0.3, -0.25) is 4.79 Å². The Morgan fingerprint density at radius 3 is 2.40 bits per heavy atom. The van der Waals surface area contributed by atoms with Crippen molar-refractivity contribution in [3.05, 3.63) is 64.3 Å². The molecule has 0 amide bonds. The Balaban J connectivity index is 1.84. The van der Waals surface area contributed by atoms with E-state index in [1.807, 2.05) is 29.6 Å². The van der Waals surface area contributed by atoms with Gasteiger partial charge in [0.05, 0.1) is 12.5 Å². The summed E-state index contributed by atoms with van der Waals surface area (Å²) >= 11 is 1.43. The Morgan fingerprint density at radius 1 is 1.04 bits per heavy atom. The third-order valence-corrected chi connectivity index (χ3v) is 4.86. The van der Waals surface area contributed by atoms with Crippen molar-refractivity contribution in [3.8, 4) is 34.0 Å². The van der Waals surface area contributed by atoms with Crippen LogP contribution in [-0.4, -0.2) is 22.2 Å². The number of thiophene rings is 1. The molecule has 0 saturated carbocycles. The minimum atomic E-state index is -0.180. The minimum absolute atomic E-state index is 0.171. The van der Waals surface area contributed by atoms with Crippen LogP contribution in [0.15, 0.2) is 58.7 Å². The second-order valence-electron chi connectivity index (χ2n) is 5.52.